The molecular weight excluding hydrogens is 212 g/mol. The minimum Gasteiger partial charge on any atom is -0.372 e. The third-order valence-electron chi connectivity index (χ3n) is 4.89. The number of nitrogens with zero attached hydrogens (tertiary/aromatic N) is 1. The molecule has 2 heterocycles. The molecular formula is C14H26N2O. The molecule has 3 heteroatoms. The van der Waals surface area contributed by atoms with E-state index in [-0.39, 0.29) is 0 Å². The summed E-state index contributed by atoms with van der Waals surface area (Å²) in [7, 11) is 2.01. The van der Waals surface area contributed by atoms with Gasteiger partial charge in [-0.2, -0.15) is 0 Å². The normalized spacial score (nSPS) is 42.2. The van der Waals surface area contributed by atoms with Gasteiger partial charge in [-0.15, -0.1) is 0 Å². The Labute approximate surface area is 105 Å². The van der Waals surface area contributed by atoms with Gasteiger partial charge in [0.15, 0.2) is 0 Å². The molecule has 0 bridgehead atoms. The van der Waals surface area contributed by atoms with Gasteiger partial charge in [0.1, 0.15) is 0 Å². The minimum absolute atomic E-state index is 0.465. The molecule has 0 amide bonds. The Morgan fingerprint density at radius 3 is 2.47 bits per heavy atom. The summed E-state index contributed by atoms with van der Waals surface area (Å²) >= 11 is 0. The molecule has 0 radical (unpaired) electrons. The third-order valence-corrected chi connectivity index (χ3v) is 4.89. The SMILES string of the molecule is CNCC1CCC(CN2CC3CCCC3C2)O1. The van der Waals surface area contributed by atoms with Crippen LogP contribution >= 0.6 is 0 Å². The summed E-state index contributed by atoms with van der Waals surface area (Å²) in [5, 5.41) is 3.22. The summed E-state index contributed by atoms with van der Waals surface area (Å²) in [6.07, 6.45) is 7.92. The second-order valence-corrected chi connectivity index (χ2v) is 6.18. The molecule has 3 nitrogen and oxygen atoms in total. The van der Waals surface area contributed by atoms with E-state index in [1.807, 2.05) is 7.05 Å². The summed E-state index contributed by atoms with van der Waals surface area (Å²) in [5.41, 5.74) is 0. The average Bonchev–Trinajstić information content (AvgIpc) is 2.95. The van der Waals surface area contributed by atoms with E-state index >= 15 is 0 Å². The molecule has 17 heavy (non-hydrogen) atoms. The summed E-state index contributed by atoms with van der Waals surface area (Å²) < 4.78 is 6.08. The predicted molar refractivity (Wildman–Crippen MR) is 69.1 cm³/mol. The van der Waals surface area contributed by atoms with Crippen LogP contribution in [0.3, 0.4) is 0 Å². The van der Waals surface area contributed by atoms with Crippen LogP contribution in [-0.4, -0.2) is 50.3 Å². The van der Waals surface area contributed by atoms with Gasteiger partial charge in [0.05, 0.1) is 12.2 Å². The molecule has 3 rings (SSSR count). The second kappa shape index (κ2) is 5.25. The largest absolute Gasteiger partial charge is 0.372 e. The Balaban J connectivity index is 1.43. The van der Waals surface area contributed by atoms with Gasteiger partial charge >= 0.3 is 0 Å². The van der Waals surface area contributed by atoms with Gasteiger partial charge in [-0.05, 0) is 44.6 Å². The van der Waals surface area contributed by atoms with Gasteiger partial charge in [0, 0.05) is 26.2 Å². The summed E-state index contributed by atoms with van der Waals surface area (Å²) in [6, 6.07) is 0. The van der Waals surface area contributed by atoms with Crippen molar-refractivity contribution in [2.24, 2.45) is 11.8 Å². The number of likely N-dealkylation sites (tertiary alicyclic amines) is 1. The highest BCUT2D eigenvalue weighted by Crippen LogP contribution is 2.38. The van der Waals surface area contributed by atoms with Crippen molar-refractivity contribution in [3.05, 3.63) is 0 Å². The third kappa shape index (κ3) is 2.67. The van der Waals surface area contributed by atoms with Crippen LogP contribution in [0.4, 0.5) is 0 Å². The predicted octanol–water partition coefficient (Wildman–Crippen LogP) is 1.49. The smallest absolute Gasteiger partial charge is 0.0707 e. The fraction of sp³-hybridized carbons (Fsp3) is 1.00. The Kier molecular flexibility index (Phi) is 3.69. The number of hydrogen-bond donors (Lipinski definition) is 1. The molecule has 0 aromatic carbocycles. The number of likely N-dealkylation sites (N-methyl/N-ethyl adjacent to an activating group) is 1. The number of hydrogen-bond acceptors (Lipinski definition) is 3. The molecule has 1 aliphatic carbocycles. The van der Waals surface area contributed by atoms with E-state index in [4.69, 9.17) is 4.74 Å². The maximum Gasteiger partial charge on any atom is 0.0707 e. The van der Waals surface area contributed by atoms with Gasteiger partial charge in [-0.25, -0.2) is 0 Å². The topological polar surface area (TPSA) is 24.5 Å². The first-order valence-electron chi connectivity index (χ1n) is 7.37. The summed E-state index contributed by atoms with van der Waals surface area (Å²) in [5.74, 6) is 2.04. The maximum absolute atomic E-state index is 6.08. The molecule has 1 saturated carbocycles. The molecule has 2 saturated heterocycles. The van der Waals surface area contributed by atoms with E-state index in [1.54, 1.807) is 0 Å². The molecule has 1 N–H and O–H groups in total. The van der Waals surface area contributed by atoms with Crippen molar-refractivity contribution in [1.82, 2.24) is 10.2 Å². The monoisotopic (exact) mass is 238 g/mol. The first-order chi connectivity index (χ1) is 8.35. The van der Waals surface area contributed by atoms with Gasteiger partial charge in [-0.1, -0.05) is 6.42 Å². The van der Waals surface area contributed by atoms with Crippen molar-refractivity contribution < 1.29 is 4.74 Å². The maximum atomic E-state index is 6.08. The van der Waals surface area contributed by atoms with Crippen LogP contribution in [0.25, 0.3) is 0 Å². The lowest BCUT2D eigenvalue weighted by Gasteiger charge is -2.21. The highest BCUT2D eigenvalue weighted by Gasteiger charge is 2.37. The molecule has 3 aliphatic rings. The van der Waals surface area contributed by atoms with E-state index < -0.39 is 0 Å². The highest BCUT2D eigenvalue weighted by atomic mass is 16.5. The Bertz CT molecular complexity index is 247. The zero-order valence-electron chi connectivity index (χ0n) is 11.0. The lowest BCUT2D eigenvalue weighted by atomic mass is 10.0. The van der Waals surface area contributed by atoms with Crippen molar-refractivity contribution in [3.8, 4) is 0 Å². The Morgan fingerprint density at radius 2 is 1.76 bits per heavy atom. The van der Waals surface area contributed by atoms with Crippen LogP contribution in [0.5, 0.6) is 0 Å². The van der Waals surface area contributed by atoms with E-state index in [0.29, 0.717) is 12.2 Å². The van der Waals surface area contributed by atoms with Crippen molar-refractivity contribution in [1.29, 1.82) is 0 Å². The standard InChI is InChI=1S/C14H26N2O/c1-15-7-13-5-6-14(17-13)10-16-8-11-3-2-4-12(11)9-16/h11-15H,2-10H2,1H3. The fourth-order valence-electron chi connectivity index (χ4n) is 4.06. The quantitative estimate of drug-likeness (QED) is 0.803. The molecule has 4 atom stereocenters. The Hall–Kier alpha value is -0.120. The van der Waals surface area contributed by atoms with Crippen LogP contribution in [0.1, 0.15) is 32.1 Å². The number of ether oxygens (including phenoxy) is 1. The van der Waals surface area contributed by atoms with Gasteiger partial charge < -0.3 is 15.0 Å². The lowest BCUT2D eigenvalue weighted by molar-refractivity contribution is 0.0271. The first kappa shape index (κ1) is 11.9. The molecule has 0 spiro atoms. The van der Waals surface area contributed by atoms with E-state index in [9.17, 15) is 0 Å². The molecule has 0 aromatic rings. The minimum atomic E-state index is 0.465. The van der Waals surface area contributed by atoms with Crippen LogP contribution in [0.2, 0.25) is 0 Å². The van der Waals surface area contributed by atoms with Gasteiger partial charge in [0.25, 0.3) is 0 Å². The van der Waals surface area contributed by atoms with Gasteiger partial charge in [0.2, 0.25) is 0 Å². The molecule has 3 fully saturated rings. The molecule has 98 valence electrons. The van der Waals surface area contributed by atoms with Crippen molar-refractivity contribution in [2.75, 3.05) is 33.2 Å². The summed E-state index contributed by atoms with van der Waals surface area (Å²) in [6.45, 7) is 4.90. The highest BCUT2D eigenvalue weighted by molar-refractivity contribution is 4.90. The molecule has 0 aromatic heterocycles. The number of nitrogens with one attached hydrogen (secondary N) is 1. The zero-order valence-corrected chi connectivity index (χ0v) is 11.0. The number of fused-ring (bicyclic) bond motifs is 1. The summed E-state index contributed by atoms with van der Waals surface area (Å²) in [4.78, 5) is 2.67. The van der Waals surface area contributed by atoms with E-state index in [1.165, 1.54) is 51.7 Å². The van der Waals surface area contributed by atoms with Crippen LogP contribution < -0.4 is 5.32 Å². The fourth-order valence-corrected chi connectivity index (χ4v) is 4.06. The van der Waals surface area contributed by atoms with Crippen LogP contribution in [-0.2, 0) is 4.74 Å². The van der Waals surface area contributed by atoms with Gasteiger partial charge in [-0.3, -0.25) is 0 Å². The molecule has 2 aliphatic heterocycles. The van der Waals surface area contributed by atoms with Crippen molar-refractivity contribution >= 4 is 0 Å². The molecule has 4 unspecified atom stereocenters. The van der Waals surface area contributed by atoms with E-state index in [0.717, 1.165) is 18.4 Å². The number of rotatable bonds is 4. The van der Waals surface area contributed by atoms with Crippen molar-refractivity contribution in [3.63, 3.8) is 0 Å². The Morgan fingerprint density at radius 1 is 1.06 bits per heavy atom. The van der Waals surface area contributed by atoms with Crippen molar-refractivity contribution in [2.45, 2.75) is 44.3 Å². The lowest BCUT2D eigenvalue weighted by Crippen LogP contribution is -2.32. The van der Waals surface area contributed by atoms with Crippen LogP contribution in [0.15, 0.2) is 0 Å². The zero-order chi connectivity index (χ0) is 11.7. The second-order valence-electron chi connectivity index (χ2n) is 6.18. The average molecular weight is 238 g/mol. The first-order valence-corrected chi connectivity index (χ1v) is 7.37. The van der Waals surface area contributed by atoms with E-state index in [2.05, 4.69) is 10.2 Å². The van der Waals surface area contributed by atoms with Crippen LogP contribution in [0, 0.1) is 11.8 Å².